The van der Waals surface area contributed by atoms with Crippen LogP contribution in [0.3, 0.4) is 0 Å². The maximum Gasteiger partial charge on any atom is 0.170 e. The molecular weight excluding hydrogens is 294 g/mol. The van der Waals surface area contributed by atoms with Crippen molar-refractivity contribution in [1.29, 1.82) is 0 Å². The van der Waals surface area contributed by atoms with E-state index in [4.69, 9.17) is 10.5 Å². The fraction of sp³-hybridized carbons (Fsp3) is 0.188. The molecule has 2 unspecified atom stereocenters. The van der Waals surface area contributed by atoms with Crippen LogP contribution in [0, 0.1) is 0 Å². The predicted molar refractivity (Wildman–Crippen MR) is 85.7 cm³/mol. The molecule has 0 saturated carbocycles. The van der Waals surface area contributed by atoms with Gasteiger partial charge in [0.25, 0.3) is 0 Å². The normalized spacial score (nSPS) is 19.3. The molecular formula is C16H15N5O2. The Balaban J connectivity index is 2.00. The maximum atomic E-state index is 11.6. The van der Waals surface area contributed by atoms with Crippen molar-refractivity contribution in [2.45, 2.75) is 12.0 Å². The van der Waals surface area contributed by atoms with Gasteiger partial charge in [-0.15, -0.1) is 0 Å². The van der Waals surface area contributed by atoms with E-state index in [-0.39, 0.29) is 5.92 Å². The van der Waals surface area contributed by atoms with E-state index in [0.717, 1.165) is 17.5 Å². The van der Waals surface area contributed by atoms with E-state index in [1.54, 1.807) is 17.8 Å². The summed E-state index contributed by atoms with van der Waals surface area (Å²) in [6.07, 6.45) is 4.05. The van der Waals surface area contributed by atoms with Crippen molar-refractivity contribution in [1.82, 2.24) is 14.6 Å². The Kier molecular flexibility index (Phi) is 2.94. The van der Waals surface area contributed by atoms with Crippen molar-refractivity contribution in [2.75, 3.05) is 18.2 Å². The Morgan fingerprint density at radius 1 is 1.39 bits per heavy atom. The first-order valence-corrected chi connectivity index (χ1v) is 7.21. The van der Waals surface area contributed by atoms with Gasteiger partial charge < -0.3 is 20.6 Å². The third kappa shape index (κ3) is 1.86. The van der Waals surface area contributed by atoms with E-state index >= 15 is 0 Å². The van der Waals surface area contributed by atoms with E-state index in [0.29, 0.717) is 22.6 Å². The van der Waals surface area contributed by atoms with E-state index in [1.807, 2.05) is 24.3 Å². The van der Waals surface area contributed by atoms with Crippen LogP contribution in [0.15, 0.2) is 36.8 Å². The number of methoxy groups -OCH3 is 1. The zero-order valence-electron chi connectivity index (χ0n) is 12.4. The quantitative estimate of drug-likeness (QED) is 0.711. The van der Waals surface area contributed by atoms with Crippen LogP contribution < -0.4 is 15.8 Å². The second kappa shape index (κ2) is 4.98. The fourth-order valence-corrected chi connectivity index (χ4v) is 3.25. The van der Waals surface area contributed by atoms with Gasteiger partial charge in [-0.3, -0.25) is 0 Å². The highest BCUT2D eigenvalue weighted by atomic mass is 16.5. The van der Waals surface area contributed by atoms with Gasteiger partial charge in [0.1, 0.15) is 18.1 Å². The number of rotatable bonds is 3. The Morgan fingerprint density at radius 2 is 2.22 bits per heavy atom. The number of nitrogen functional groups attached to an aromatic ring is 1. The maximum absolute atomic E-state index is 11.6. The topological polar surface area (TPSA) is 94.5 Å². The van der Waals surface area contributed by atoms with Crippen molar-refractivity contribution in [3.8, 4) is 5.75 Å². The Hall–Kier alpha value is -3.09. The van der Waals surface area contributed by atoms with Crippen LogP contribution in [-0.4, -0.2) is 34.0 Å². The molecule has 116 valence electrons. The molecule has 2 aromatic heterocycles. The summed E-state index contributed by atoms with van der Waals surface area (Å²) in [6.45, 7) is 0. The summed E-state index contributed by atoms with van der Waals surface area (Å²) in [4.78, 5) is 16.0. The molecule has 7 heteroatoms. The molecule has 0 saturated heterocycles. The third-order valence-corrected chi connectivity index (χ3v) is 4.21. The van der Waals surface area contributed by atoms with Gasteiger partial charge in [-0.05, 0) is 11.6 Å². The lowest BCUT2D eigenvalue weighted by atomic mass is 9.91. The predicted octanol–water partition coefficient (Wildman–Crippen LogP) is 1.44. The Labute approximate surface area is 132 Å². The molecule has 3 aromatic rings. The molecule has 0 amide bonds. The van der Waals surface area contributed by atoms with Gasteiger partial charge in [0.05, 0.1) is 36.6 Å². The van der Waals surface area contributed by atoms with Gasteiger partial charge in [0.2, 0.25) is 0 Å². The molecule has 0 bridgehead atoms. The number of para-hydroxylation sites is 1. The van der Waals surface area contributed by atoms with E-state index in [9.17, 15) is 4.79 Å². The lowest BCUT2D eigenvalue weighted by molar-refractivity contribution is -0.108. The number of fused-ring (bicyclic) bond motifs is 2. The highest BCUT2D eigenvalue weighted by molar-refractivity contribution is 5.81. The number of hydrogen-bond acceptors (Lipinski definition) is 6. The molecule has 0 aliphatic carbocycles. The first kappa shape index (κ1) is 13.6. The average molecular weight is 309 g/mol. The number of carbonyl (C=O) groups excluding carboxylic acids is 1. The summed E-state index contributed by atoms with van der Waals surface area (Å²) >= 11 is 0. The van der Waals surface area contributed by atoms with Crippen LogP contribution in [0.4, 0.5) is 11.4 Å². The lowest BCUT2D eigenvalue weighted by Crippen LogP contribution is -2.24. The molecule has 0 spiro atoms. The van der Waals surface area contributed by atoms with Gasteiger partial charge in [-0.2, -0.15) is 5.10 Å². The van der Waals surface area contributed by atoms with Crippen molar-refractivity contribution in [3.63, 3.8) is 0 Å². The largest absolute Gasteiger partial charge is 0.492 e. The van der Waals surface area contributed by atoms with Crippen molar-refractivity contribution >= 4 is 23.2 Å². The highest BCUT2D eigenvalue weighted by Gasteiger charge is 2.36. The molecule has 2 atom stereocenters. The molecule has 0 radical (unpaired) electrons. The van der Waals surface area contributed by atoms with E-state index in [2.05, 4.69) is 15.4 Å². The number of aromatic nitrogens is 3. The zero-order valence-corrected chi connectivity index (χ0v) is 12.4. The highest BCUT2D eigenvalue weighted by Crippen LogP contribution is 2.42. The van der Waals surface area contributed by atoms with E-state index in [1.165, 1.54) is 6.33 Å². The minimum atomic E-state index is -0.396. The minimum absolute atomic E-state index is 0.225. The van der Waals surface area contributed by atoms with Crippen LogP contribution >= 0.6 is 0 Å². The molecule has 0 fully saturated rings. The first-order chi connectivity index (χ1) is 11.2. The van der Waals surface area contributed by atoms with Gasteiger partial charge in [-0.25, -0.2) is 9.50 Å². The molecule has 3 N–H and O–H groups in total. The van der Waals surface area contributed by atoms with E-state index < -0.39 is 6.04 Å². The Bertz CT molecular complexity index is 905. The lowest BCUT2D eigenvalue weighted by Gasteiger charge is -2.16. The molecule has 1 aliphatic heterocycles. The summed E-state index contributed by atoms with van der Waals surface area (Å²) in [5.74, 6) is 0.298. The van der Waals surface area contributed by atoms with Gasteiger partial charge in [-0.1, -0.05) is 18.2 Å². The number of ether oxygens (including phenoxy) is 1. The number of hydrogen-bond donors (Lipinski definition) is 2. The number of nitrogens with zero attached hydrogens (tertiary/aromatic N) is 3. The molecule has 1 aliphatic rings. The number of anilines is 2. The minimum Gasteiger partial charge on any atom is -0.492 e. The smallest absolute Gasteiger partial charge is 0.170 e. The van der Waals surface area contributed by atoms with Crippen LogP contribution in [0.1, 0.15) is 17.2 Å². The fourth-order valence-electron chi connectivity index (χ4n) is 3.25. The summed E-state index contributed by atoms with van der Waals surface area (Å²) in [7, 11) is 1.56. The average Bonchev–Trinajstić information content (AvgIpc) is 3.10. The number of benzene rings is 1. The van der Waals surface area contributed by atoms with Gasteiger partial charge in [0.15, 0.2) is 5.75 Å². The third-order valence-electron chi connectivity index (χ3n) is 4.21. The van der Waals surface area contributed by atoms with Crippen LogP contribution in [0.25, 0.3) is 5.52 Å². The number of aldehydes is 1. The standard InChI is InChI=1S/C16H15N5O2/c1-23-16-10(17)6-21-15(16)14(18-8-19-21)13-9-4-2-3-5-11(9)20-12(13)7-22/h2-8,12-13,20H,17H2,1H3. The summed E-state index contributed by atoms with van der Waals surface area (Å²) < 4.78 is 7.06. The van der Waals surface area contributed by atoms with Crippen molar-refractivity contribution in [2.24, 2.45) is 0 Å². The molecule has 7 nitrogen and oxygen atoms in total. The van der Waals surface area contributed by atoms with Gasteiger partial charge >= 0.3 is 0 Å². The summed E-state index contributed by atoms with van der Waals surface area (Å²) in [5.41, 5.74) is 9.83. The number of nitrogens with two attached hydrogens (primary N) is 1. The molecule has 3 heterocycles. The first-order valence-electron chi connectivity index (χ1n) is 7.21. The molecule has 23 heavy (non-hydrogen) atoms. The number of carbonyl (C=O) groups is 1. The molecule has 1 aromatic carbocycles. The van der Waals surface area contributed by atoms with Crippen molar-refractivity contribution < 1.29 is 9.53 Å². The summed E-state index contributed by atoms with van der Waals surface area (Å²) in [6, 6.07) is 7.43. The van der Waals surface area contributed by atoms with Crippen LogP contribution in [0.2, 0.25) is 0 Å². The second-order valence-corrected chi connectivity index (χ2v) is 5.43. The number of nitrogens with one attached hydrogen (secondary N) is 1. The molecule has 4 rings (SSSR count). The SMILES string of the molecule is COc1c(N)cn2ncnc(C3c4ccccc4NC3C=O)c12. The monoisotopic (exact) mass is 309 g/mol. The zero-order chi connectivity index (χ0) is 16.0. The Morgan fingerprint density at radius 3 is 3.00 bits per heavy atom. The summed E-state index contributed by atoms with van der Waals surface area (Å²) in [5, 5.41) is 7.42. The van der Waals surface area contributed by atoms with Crippen molar-refractivity contribution in [3.05, 3.63) is 48.0 Å². The van der Waals surface area contributed by atoms with Crippen LogP contribution in [0.5, 0.6) is 5.75 Å². The van der Waals surface area contributed by atoms with Gasteiger partial charge in [0, 0.05) is 5.69 Å². The second-order valence-electron chi connectivity index (χ2n) is 5.43. The van der Waals surface area contributed by atoms with Crippen LogP contribution in [-0.2, 0) is 4.79 Å².